The fourth-order valence-corrected chi connectivity index (χ4v) is 2.62. The van der Waals surface area contributed by atoms with Gasteiger partial charge in [-0.1, -0.05) is 31.5 Å². The van der Waals surface area contributed by atoms with Crippen LogP contribution in [0.5, 0.6) is 0 Å². The maximum Gasteiger partial charge on any atom is 0.286 e. The van der Waals surface area contributed by atoms with Gasteiger partial charge in [-0.05, 0) is 28.9 Å². The van der Waals surface area contributed by atoms with E-state index in [-0.39, 0.29) is 10.3 Å². The van der Waals surface area contributed by atoms with Crippen molar-refractivity contribution < 1.29 is 9.30 Å². The molecule has 0 atom stereocenters. The molecule has 0 bridgehead atoms. The standard InChI is InChI=1S/C8H12Cl3O2P/c1-3-4-5-13-6-8(7(2)9)14(10,11)12/h6H,2-5H2,1H3. The van der Waals surface area contributed by atoms with E-state index in [4.69, 9.17) is 38.8 Å². The minimum Gasteiger partial charge on any atom is -0.500 e. The van der Waals surface area contributed by atoms with E-state index in [0.717, 1.165) is 12.8 Å². The first-order valence-corrected chi connectivity index (χ1v) is 7.95. The molecule has 0 heterocycles. The zero-order chi connectivity index (χ0) is 11.2. The zero-order valence-electron chi connectivity index (χ0n) is 7.80. The maximum atomic E-state index is 11.3. The van der Waals surface area contributed by atoms with Crippen molar-refractivity contribution in [3.8, 4) is 0 Å². The van der Waals surface area contributed by atoms with Crippen LogP contribution in [0.1, 0.15) is 19.8 Å². The van der Waals surface area contributed by atoms with E-state index in [1.807, 2.05) is 6.92 Å². The van der Waals surface area contributed by atoms with Crippen LogP contribution in [0.15, 0.2) is 23.2 Å². The number of rotatable bonds is 6. The minimum atomic E-state index is -3.43. The second-order valence-electron chi connectivity index (χ2n) is 2.59. The van der Waals surface area contributed by atoms with Crippen LogP contribution in [-0.4, -0.2) is 6.61 Å². The summed E-state index contributed by atoms with van der Waals surface area (Å²) in [7, 11) is 0. The fraction of sp³-hybridized carbons (Fsp3) is 0.500. The molecular weight excluding hydrogens is 265 g/mol. The number of unbranched alkanes of at least 4 members (excludes halogenated alkanes) is 1. The van der Waals surface area contributed by atoms with Crippen molar-refractivity contribution in [2.75, 3.05) is 6.61 Å². The first-order valence-electron chi connectivity index (χ1n) is 4.06. The Labute approximate surface area is 98.8 Å². The smallest absolute Gasteiger partial charge is 0.286 e. The average molecular weight is 278 g/mol. The molecule has 0 aromatic carbocycles. The van der Waals surface area contributed by atoms with Gasteiger partial charge < -0.3 is 4.74 Å². The van der Waals surface area contributed by atoms with E-state index in [1.54, 1.807) is 0 Å². The number of hydrogen-bond acceptors (Lipinski definition) is 2. The van der Waals surface area contributed by atoms with E-state index in [2.05, 4.69) is 6.58 Å². The molecule has 2 nitrogen and oxygen atoms in total. The van der Waals surface area contributed by atoms with E-state index in [9.17, 15) is 4.57 Å². The lowest BCUT2D eigenvalue weighted by Crippen LogP contribution is -1.88. The number of allylic oxidation sites excluding steroid dienone is 2. The normalized spacial score (nSPS) is 12.7. The molecule has 0 amide bonds. The molecule has 0 saturated heterocycles. The largest absolute Gasteiger partial charge is 0.500 e. The predicted molar refractivity (Wildman–Crippen MR) is 63.2 cm³/mol. The van der Waals surface area contributed by atoms with Crippen LogP contribution in [0.4, 0.5) is 0 Å². The first kappa shape index (κ1) is 14.4. The lowest BCUT2D eigenvalue weighted by molar-refractivity contribution is 0.243. The Balaban J connectivity index is 4.37. The molecule has 0 saturated carbocycles. The fourth-order valence-electron chi connectivity index (χ4n) is 0.632. The third-order valence-corrected chi connectivity index (χ3v) is 3.73. The summed E-state index contributed by atoms with van der Waals surface area (Å²) >= 11 is 16.4. The quantitative estimate of drug-likeness (QED) is 0.293. The van der Waals surface area contributed by atoms with Crippen molar-refractivity contribution in [3.05, 3.63) is 23.2 Å². The molecule has 0 unspecified atom stereocenters. The van der Waals surface area contributed by atoms with Gasteiger partial charge in [-0.25, -0.2) is 0 Å². The van der Waals surface area contributed by atoms with Crippen LogP contribution in [0, 0.1) is 0 Å². The van der Waals surface area contributed by atoms with Crippen molar-refractivity contribution >= 4 is 39.9 Å². The molecular formula is C8H12Cl3O2P. The van der Waals surface area contributed by atoms with Gasteiger partial charge in [-0.15, -0.1) is 0 Å². The molecule has 82 valence electrons. The molecule has 0 fully saturated rings. The van der Waals surface area contributed by atoms with Crippen LogP contribution in [0.3, 0.4) is 0 Å². The molecule has 0 aliphatic heterocycles. The number of halogens is 3. The highest BCUT2D eigenvalue weighted by molar-refractivity contribution is 8.11. The minimum absolute atomic E-state index is 0.0369. The summed E-state index contributed by atoms with van der Waals surface area (Å²) in [4.78, 5) is 0. The molecule has 14 heavy (non-hydrogen) atoms. The van der Waals surface area contributed by atoms with Gasteiger partial charge in [-0.2, -0.15) is 0 Å². The van der Waals surface area contributed by atoms with Crippen molar-refractivity contribution in [2.45, 2.75) is 19.8 Å². The molecule has 0 aromatic heterocycles. The lowest BCUT2D eigenvalue weighted by Gasteiger charge is -2.06. The molecule has 0 aliphatic carbocycles. The second-order valence-corrected chi connectivity index (χ2v) is 7.83. The third kappa shape index (κ3) is 5.98. The van der Waals surface area contributed by atoms with Crippen LogP contribution >= 0.6 is 39.9 Å². The SMILES string of the molecule is C=C(Cl)C(=COCCCC)P(=O)(Cl)Cl. The van der Waals surface area contributed by atoms with Gasteiger partial charge in [-0.3, -0.25) is 4.57 Å². The summed E-state index contributed by atoms with van der Waals surface area (Å²) in [5, 5.41) is 0.0911. The molecule has 0 radical (unpaired) electrons. The molecule has 0 rings (SSSR count). The number of ether oxygens (including phenoxy) is 1. The maximum absolute atomic E-state index is 11.3. The number of hydrogen-bond donors (Lipinski definition) is 0. The summed E-state index contributed by atoms with van der Waals surface area (Å²) in [6.45, 7) is 5.94. The Morgan fingerprint density at radius 1 is 1.57 bits per heavy atom. The second kappa shape index (κ2) is 6.79. The van der Waals surface area contributed by atoms with Gasteiger partial charge in [0.15, 0.2) is 0 Å². The lowest BCUT2D eigenvalue weighted by atomic mass is 10.4. The van der Waals surface area contributed by atoms with Crippen LogP contribution in [-0.2, 0) is 9.30 Å². The highest BCUT2D eigenvalue weighted by atomic mass is 35.9. The van der Waals surface area contributed by atoms with Gasteiger partial charge in [0.05, 0.1) is 18.2 Å². The summed E-state index contributed by atoms with van der Waals surface area (Å²) in [6.07, 6.45) is 3.11. The highest BCUT2D eigenvalue weighted by Crippen LogP contribution is 2.66. The topological polar surface area (TPSA) is 26.3 Å². The summed E-state index contributed by atoms with van der Waals surface area (Å²) in [5.74, 6) is -3.43. The Hall–Kier alpha value is 0.380. The zero-order valence-corrected chi connectivity index (χ0v) is 11.0. The molecule has 6 heteroatoms. The van der Waals surface area contributed by atoms with E-state index in [1.165, 1.54) is 6.26 Å². The predicted octanol–water partition coefficient (Wildman–Crippen LogP) is 5.07. The summed E-state index contributed by atoms with van der Waals surface area (Å²) in [6, 6.07) is 0. The van der Waals surface area contributed by atoms with E-state index >= 15 is 0 Å². The summed E-state index contributed by atoms with van der Waals surface area (Å²) in [5.41, 5.74) is 0. The van der Waals surface area contributed by atoms with E-state index < -0.39 is 5.85 Å². The molecule has 0 aliphatic rings. The van der Waals surface area contributed by atoms with Gasteiger partial charge in [0.25, 0.3) is 5.85 Å². The Morgan fingerprint density at radius 2 is 2.14 bits per heavy atom. The van der Waals surface area contributed by atoms with Crippen LogP contribution in [0.2, 0.25) is 0 Å². The van der Waals surface area contributed by atoms with Gasteiger partial charge in [0, 0.05) is 5.03 Å². The van der Waals surface area contributed by atoms with Crippen molar-refractivity contribution in [1.82, 2.24) is 0 Å². The Kier molecular flexibility index (Phi) is 6.97. The Morgan fingerprint density at radius 3 is 2.50 bits per heavy atom. The molecule has 0 aromatic rings. The Bertz CT molecular complexity index is 270. The third-order valence-electron chi connectivity index (χ3n) is 1.37. The van der Waals surface area contributed by atoms with Crippen molar-refractivity contribution in [2.24, 2.45) is 0 Å². The van der Waals surface area contributed by atoms with Gasteiger partial charge >= 0.3 is 0 Å². The van der Waals surface area contributed by atoms with Gasteiger partial charge in [0.2, 0.25) is 0 Å². The summed E-state index contributed by atoms with van der Waals surface area (Å²) < 4.78 is 16.3. The molecule has 0 spiro atoms. The molecule has 0 N–H and O–H groups in total. The van der Waals surface area contributed by atoms with Crippen LogP contribution in [0.25, 0.3) is 0 Å². The van der Waals surface area contributed by atoms with E-state index in [0.29, 0.717) is 6.61 Å². The highest BCUT2D eigenvalue weighted by Gasteiger charge is 2.23. The average Bonchev–Trinajstić information content (AvgIpc) is 2.01. The monoisotopic (exact) mass is 276 g/mol. The van der Waals surface area contributed by atoms with Crippen LogP contribution < -0.4 is 0 Å². The first-order chi connectivity index (χ1) is 6.39. The van der Waals surface area contributed by atoms with Crippen molar-refractivity contribution in [3.63, 3.8) is 0 Å². The van der Waals surface area contributed by atoms with Crippen molar-refractivity contribution in [1.29, 1.82) is 0 Å². The van der Waals surface area contributed by atoms with Gasteiger partial charge in [0.1, 0.15) is 0 Å².